The summed E-state index contributed by atoms with van der Waals surface area (Å²) in [6, 6.07) is 19.4. The number of hydrogen-bond donors (Lipinski definition) is 2. The average molecular weight is 284 g/mol. The van der Waals surface area contributed by atoms with Crippen molar-refractivity contribution in [3.63, 3.8) is 0 Å². The van der Waals surface area contributed by atoms with E-state index in [1.54, 1.807) is 7.11 Å². The Morgan fingerprint density at radius 3 is 2.24 bits per heavy atom. The van der Waals surface area contributed by atoms with Crippen LogP contribution < -0.4 is 10.6 Å². The first-order chi connectivity index (χ1) is 10.3. The summed E-state index contributed by atoms with van der Waals surface area (Å²) in [5, 5.41) is 6.12. The molecule has 110 valence electrons. The van der Waals surface area contributed by atoms with Gasteiger partial charge < -0.3 is 15.4 Å². The number of rotatable bonds is 7. The molecule has 0 aliphatic rings. The summed E-state index contributed by atoms with van der Waals surface area (Å²) in [6.45, 7) is 1.21. The number of ether oxygens (including phenoxy) is 1. The highest BCUT2D eigenvalue weighted by Crippen LogP contribution is 2.15. The zero-order valence-electron chi connectivity index (χ0n) is 12.1. The molecule has 0 aliphatic carbocycles. The van der Waals surface area contributed by atoms with Gasteiger partial charge in [0.1, 0.15) is 0 Å². The minimum absolute atomic E-state index is 0.126. The molecule has 0 radical (unpaired) electrons. The van der Waals surface area contributed by atoms with Crippen LogP contribution in [0, 0.1) is 0 Å². The number of anilines is 1. The minimum Gasteiger partial charge on any atom is -0.383 e. The third kappa shape index (κ3) is 4.61. The number of carbonyl (C=O) groups excluding carboxylic acids is 1. The smallest absolute Gasteiger partial charge is 0.253 e. The molecule has 0 fully saturated rings. The Morgan fingerprint density at radius 2 is 1.62 bits per heavy atom. The molecule has 0 heterocycles. The second-order valence-electron chi connectivity index (χ2n) is 4.61. The van der Waals surface area contributed by atoms with Crippen molar-refractivity contribution < 1.29 is 9.53 Å². The van der Waals surface area contributed by atoms with Gasteiger partial charge in [-0.15, -0.1) is 0 Å². The van der Waals surface area contributed by atoms with Crippen molar-refractivity contribution in [2.75, 3.05) is 25.5 Å². The Balaban J connectivity index is 1.78. The number of nitrogens with one attached hydrogen (secondary N) is 2. The highest BCUT2D eigenvalue weighted by Gasteiger charge is 2.18. The predicted molar refractivity (Wildman–Crippen MR) is 84.1 cm³/mol. The van der Waals surface area contributed by atoms with Crippen LogP contribution in [0.3, 0.4) is 0 Å². The predicted octanol–water partition coefficient (Wildman–Crippen LogP) is 2.60. The second kappa shape index (κ2) is 8.07. The summed E-state index contributed by atoms with van der Waals surface area (Å²) in [4.78, 5) is 12.1. The largest absolute Gasteiger partial charge is 0.383 e. The van der Waals surface area contributed by atoms with Gasteiger partial charge in [0.25, 0.3) is 5.91 Å². The van der Waals surface area contributed by atoms with Crippen LogP contribution in [0.1, 0.15) is 11.7 Å². The summed E-state index contributed by atoms with van der Waals surface area (Å²) in [6.07, 6.45) is -0.567. The van der Waals surface area contributed by atoms with Crippen molar-refractivity contribution in [2.45, 2.75) is 6.10 Å². The molecule has 0 saturated carbocycles. The zero-order valence-corrected chi connectivity index (χ0v) is 12.1. The van der Waals surface area contributed by atoms with Gasteiger partial charge in [-0.05, 0) is 17.7 Å². The van der Waals surface area contributed by atoms with Gasteiger partial charge in [0.05, 0.1) is 0 Å². The van der Waals surface area contributed by atoms with Crippen molar-refractivity contribution >= 4 is 11.6 Å². The number of amides is 1. The molecule has 2 N–H and O–H groups in total. The van der Waals surface area contributed by atoms with Crippen LogP contribution >= 0.6 is 0 Å². The molecule has 2 aromatic carbocycles. The first-order valence-electron chi connectivity index (χ1n) is 6.95. The molecular weight excluding hydrogens is 264 g/mol. The van der Waals surface area contributed by atoms with Crippen molar-refractivity contribution in [3.8, 4) is 0 Å². The van der Waals surface area contributed by atoms with Gasteiger partial charge in [-0.1, -0.05) is 48.5 Å². The monoisotopic (exact) mass is 284 g/mol. The number of carbonyl (C=O) groups is 1. The van der Waals surface area contributed by atoms with Gasteiger partial charge in [-0.2, -0.15) is 0 Å². The summed E-state index contributed by atoms with van der Waals surface area (Å²) in [7, 11) is 1.54. The molecule has 0 aliphatic heterocycles. The van der Waals surface area contributed by atoms with E-state index in [0.29, 0.717) is 13.1 Å². The van der Waals surface area contributed by atoms with E-state index in [2.05, 4.69) is 10.6 Å². The van der Waals surface area contributed by atoms with Crippen LogP contribution in [0.2, 0.25) is 0 Å². The van der Waals surface area contributed by atoms with Crippen molar-refractivity contribution in [2.24, 2.45) is 0 Å². The first kappa shape index (κ1) is 15.1. The van der Waals surface area contributed by atoms with Crippen LogP contribution in [0.4, 0.5) is 5.69 Å². The Hall–Kier alpha value is -2.33. The summed E-state index contributed by atoms with van der Waals surface area (Å²) in [5.41, 5.74) is 1.90. The Labute approximate surface area is 125 Å². The third-order valence-electron chi connectivity index (χ3n) is 3.10. The first-order valence-corrected chi connectivity index (χ1v) is 6.95. The summed E-state index contributed by atoms with van der Waals surface area (Å²) >= 11 is 0. The minimum atomic E-state index is -0.567. The number of para-hydroxylation sites is 1. The molecule has 2 aromatic rings. The maximum absolute atomic E-state index is 12.1. The molecule has 0 spiro atoms. The van der Waals surface area contributed by atoms with Gasteiger partial charge in [0, 0.05) is 25.9 Å². The van der Waals surface area contributed by atoms with E-state index in [1.165, 1.54) is 0 Å². The van der Waals surface area contributed by atoms with Crippen LogP contribution in [0.15, 0.2) is 60.7 Å². The molecule has 1 atom stereocenters. The normalized spacial score (nSPS) is 11.7. The number of benzene rings is 2. The van der Waals surface area contributed by atoms with Crippen LogP contribution in [-0.2, 0) is 9.53 Å². The fourth-order valence-electron chi connectivity index (χ4n) is 2.06. The lowest BCUT2D eigenvalue weighted by molar-refractivity contribution is -0.131. The van der Waals surface area contributed by atoms with Crippen molar-refractivity contribution in [1.82, 2.24) is 5.32 Å². The molecule has 0 saturated heterocycles. The van der Waals surface area contributed by atoms with E-state index in [4.69, 9.17) is 4.74 Å². The van der Waals surface area contributed by atoms with Gasteiger partial charge in [-0.25, -0.2) is 0 Å². The Bertz CT molecular complexity index is 543. The van der Waals surface area contributed by atoms with Gasteiger partial charge in [0.2, 0.25) is 0 Å². The Morgan fingerprint density at radius 1 is 1.00 bits per heavy atom. The topological polar surface area (TPSA) is 50.4 Å². The van der Waals surface area contributed by atoms with Gasteiger partial charge in [-0.3, -0.25) is 4.79 Å². The quantitative estimate of drug-likeness (QED) is 0.768. The van der Waals surface area contributed by atoms with Crippen LogP contribution in [-0.4, -0.2) is 26.1 Å². The fraction of sp³-hybridized carbons (Fsp3) is 0.235. The van der Waals surface area contributed by atoms with E-state index in [0.717, 1.165) is 11.3 Å². The van der Waals surface area contributed by atoms with E-state index in [9.17, 15) is 4.79 Å². The molecule has 0 bridgehead atoms. The molecule has 1 amide bonds. The lowest BCUT2D eigenvalue weighted by atomic mass is 10.1. The number of hydrogen-bond acceptors (Lipinski definition) is 3. The average Bonchev–Trinajstić information content (AvgIpc) is 2.54. The van der Waals surface area contributed by atoms with Crippen molar-refractivity contribution in [3.05, 3.63) is 66.2 Å². The molecule has 2 rings (SSSR count). The van der Waals surface area contributed by atoms with Crippen LogP contribution in [0.5, 0.6) is 0 Å². The number of methoxy groups -OCH3 is 1. The molecule has 4 nitrogen and oxygen atoms in total. The van der Waals surface area contributed by atoms with Gasteiger partial charge in [0.15, 0.2) is 6.10 Å². The van der Waals surface area contributed by atoms with E-state index in [1.807, 2.05) is 60.7 Å². The van der Waals surface area contributed by atoms with E-state index in [-0.39, 0.29) is 5.91 Å². The standard InChI is InChI=1S/C17H20N2O2/c1-21-16(14-8-4-2-5-9-14)17(20)19-13-12-18-15-10-6-3-7-11-15/h2-11,16,18H,12-13H2,1H3,(H,19,20)/t16-/m1/s1. The zero-order chi connectivity index (χ0) is 14.9. The molecule has 4 heteroatoms. The highest BCUT2D eigenvalue weighted by atomic mass is 16.5. The van der Waals surface area contributed by atoms with Gasteiger partial charge >= 0.3 is 0 Å². The molecule has 0 unspecified atom stereocenters. The third-order valence-corrected chi connectivity index (χ3v) is 3.10. The highest BCUT2D eigenvalue weighted by molar-refractivity contribution is 5.82. The fourth-order valence-corrected chi connectivity index (χ4v) is 2.06. The van der Waals surface area contributed by atoms with E-state index < -0.39 is 6.10 Å². The summed E-state index contributed by atoms with van der Waals surface area (Å²) < 4.78 is 5.28. The molecular formula is C17H20N2O2. The summed E-state index contributed by atoms with van der Waals surface area (Å²) in [5.74, 6) is -0.126. The van der Waals surface area contributed by atoms with Crippen LogP contribution in [0.25, 0.3) is 0 Å². The molecule has 21 heavy (non-hydrogen) atoms. The second-order valence-corrected chi connectivity index (χ2v) is 4.61. The maximum atomic E-state index is 12.1. The SMILES string of the molecule is CO[C@@H](C(=O)NCCNc1ccccc1)c1ccccc1. The lowest BCUT2D eigenvalue weighted by Gasteiger charge is -2.16. The lowest BCUT2D eigenvalue weighted by Crippen LogP contribution is -2.33. The Kier molecular flexibility index (Phi) is 5.79. The van der Waals surface area contributed by atoms with E-state index >= 15 is 0 Å². The maximum Gasteiger partial charge on any atom is 0.253 e. The molecule has 0 aromatic heterocycles. The van der Waals surface area contributed by atoms with Crippen molar-refractivity contribution in [1.29, 1.82) is 0 Å².